The molecule has 6 heteroatoms. The van der Waals surface area contributed by atoms with Crippen LogP contribution >= 0.6 is 34.8 Å². The molecule has 1 aromatic carbocycles. The Kier molecular flexibility index (Phi) is 3.19. The molecule has 2 rings (SSSR count). The standard InChI is InChI=1S/C10H7Cl3O3/c11-10(12,13)9(14)6-1-2-7-8(5-6)16-4-3-15-7/h1-2,5H,3-4H2. The highest BCUT2D eigenvalue weighted by Crippen LogP contribution is 2.35. The lowest BCUT2D eigenvalue weighted by atomic mass is 10.1. The molecule has 1 aliphatic heterocycles. The summed E-state index contributed by atoms with van der Waals surface area (Å²) in [6.07, 6.45) is 0. The Morgan fingerprint density at radius 3 is 2.38 bits per heavy atom. The molecule has 0 radical (unpaired) electrons. The zero-order chi connectivity index (χ0) is 11.8. The number of fused-ring (bicyclic) bond motifs is 1. The van der Waals surface area contributed by atoms with Gasteiger partial charge in [0.2, 0.25) is 5.78 Å². The van der Waals surface area contributed by atoms with E-state index in [4.69, 9.17) is 44.3 Å². The molecule has 0 saturated carbocycles. The van der Waals surface area contributed by atoms with Crippen LogP contribution in [0.4, 0.5) is 0 Å². The average molecular weight is 282 g/mol. The Morgan fingerprint density at radius 1 is 1.12 bits per heavy atom. The molecular formula is C10H7Cl3O3. The molecule has 86 valence electrons. The number of alkyl halides is 3. The summed E-state index contributed by atoms with van der Waals surface area (Å²) >= 11 is 16.5. The van der Waals surface area contributed by atoms with Gasteiger partial charge in [-0.15, -0.1) is 0 Å². The van der Waals surface area contributed by atoms with Gasteiger partial charge in [-0.3, -0.25) is 4.79 Å². The minimum Gasteiger partial charge on any atom is -0.486 e. The number of Topliss-reactive ketones (excluding diaryl/α,β-unsaturated/α-hetero) is 1. The van der Waals surface area contributed by atoms with Crippen LogP contribution in [0.1, 0.15) is 10.4 Å². The Hall–Kier alpha value is -0.640. The number of halogens is 3. The molecule has 16 heavy (non-hydrogen) atoms. The van der Waals surface area contributed by atoms with E-state index in [0.717, 1.165) is 0 Å². The average Bonchev–Trinajstić information content (AvgIpc) is 2.26. The van der Waals surface area contributed by atoms with Gasteiger partial charge < -0.3 is 9.47 Å². The summed E-state index contributed by atoms with van der Waals surface area (Å²) in [6.45, 7) is 0.934. The van der Waals surface area contributed by atoms with E-state index < -0.39 is 9.58 Å². The van der Waals surface area contributed by atoms with Crippen molar-refractivity contribution < 1.29 is 14.3 Å². The maximum Gasteiger partial charge on any atom is 0.253 e. The van der Waals surface area contributed by atoms with Crippen LogP contribution in [0.5, 0.6) is 11.5 Å². The minimum absolute atomic E-state index is 0.282. The molecule has 0 fully saturated rings. The third-order valence-electron chi connectivity index (χ3n) is 2.06. The third-order valence-corrected chi connectivity index (χ3v) is 2.58. The molecule has 0 saturated heterocycles. The number of benzene rings is 1. The monoisotopic (exact) mass is 280 g/mol. The molecule has 1 aromatic rings. The maximum absolute atomic E-state index is 11.7. The number of ether oxygens (including phenoxy) is 2. The fourth-order valence-electron chi connectivity index (χ4n) is 1.35. The lowest BCUT2D eigenvalue weighted by Gasteiger charge is -2.19. The normalized spacial score (nSPS) is 14.7. The van der Waals surface area contributed by atoms with Crippen LogP contribution in [0.15, 0.2) is 18.2 Å². The lowest BCUT2D eigenvalue weighted by molar-refractivity contribution is 0.0995. The predicted molar refractivity (Wildman–Crippen MR) is 62.1 cm³/mol. The van der Waals surface area contributed by atoms with E-state index >= 15 is 0 Å². The van der Waals surface area contributed by atoms with Gasteiger partial charge >= 0.3 is 0 Å². The smallest absolute Gasteiger partial charge is 0.253 e. The lowest BCUT2D eigenvalue weighted by Crippen LogP contribution is -2.20. The number of rotatable bonds is 1. The fourth-order valence-corrected chi connectivity index (χ4v) is 1.68. The zero-order valence-corrected chi connectivity index (χ0v) is 10.3. The highest BCUT2D eigenvalue weighted by molar-refractivity contribution is 6.77. The van der Waals surface area contributed by atoms with Crippen molar-refractivity contribution in [2.24, 2.45) is 0 Å². The first kappa shape index (κ1) is 11.8. The van der Waals surface area contributed by atoms with Crippen LogP contribution in [0.2, 0.25) is 0 Å². The zero-order valence-electron chi connectivity index (χ0n) is 8.00. The second-order valence-corrected chi connectivity index (χ2v) is 5.47. The molecule has 1 heterocycles. The molecule has 0 aliphatic carbocycles. The van der Waals surface area contributed by atoms with Crippen molar-refractivity contribution in [3.63, 3.8) is 0 Å². The van der Waals surface area contributed by atoms with Gasteiger partial charge in [-0.05, 0) is 18.2 Å². The molecule has 0 bridgehead atoms. The van der Waals surface area contributed by atoms with E-state index in [-0.39, 0.29) is 5.56 Å². The van der Waals surface area contributed by atoms with Crippen LogP contribution in [0.3, 0.4) is 0 Å². The number of carbonyl (C=O) groups excluding carboxylic acids is 1. The quantitative estimate of drug-likeness (QED) is 0.586. The van der Waals surface area contributed by atoms with E-state index in [2.05, 4.69) is 0 Å². The Morgan fingerprint density at radius 2 is 1.75 bits per heavy atom. The van der Waals surface area contributed by atoms with Crippen LogP contribution in [-0.2, 0) is 0 Å². The summed E-state index contributed by atoms with van der Waals surface area (Å²) in [5.41, 5.74) is 0.282. The fraction of sp³-hybridized carbons (Fsp3) is 0.300. The highest BCUT2D eigenvalue weighted by Gasteiger charge is 2.32. The maximum atomic E-state index is 11.7. The first-order valence-electron chi connectivity index (χ1n) is 4.49. The van der Waals surface area contributed by atoms with E-state index in [0.29, 0.717) is 24.7 Å². The summed E-state index contributed by atoms with van der Waals surface area (Å²) in [5, 5.41) is 0. The van der Waals surface area contributed by atoms with Crippen molar-refractivity contribution in [2.75, 3.05) is 13.2 Å². The summed E-state index contributed by atoms with van der Waals surface area (Å²) in [5.74, 6) is 0.493. The molecule has 0 spiro atoms. The summed E-state index contributed by atoms with van der Waals surface area (Å²) in [4.78, 5) is 11.7. The van der Waals surface area contributed by atoms with Gasteiger partial charge in [0, 0.05) is 5.56 Å². The molecule has 3 nitrogen and oxygen atoms in total. The second-order valence-electron chi connectivity index (χ2n) is 3.19. The molecule has 0 N–H and O–H groups in total. The summed E-state index contributed by atoms with van der Waals surface area (Å²) < 4.78 is 8.67. The number of ketones is 1. The van der Waals surface area contributed by atoms with E-state index in [1.165, 1.54) is 12.1 Å². The topological polar surface area (TPSA) is 35.5 Å². The van der Waals surface area contributed by atoms with Crippen molar-refractivity contribution in [1.29, 1.82) is 0 Å². The SMILES string of the molecule is O=C(c1ccc2c(c1)OCCO2)C(Cl)(Cl)Cl. The van der Waals surface area contributed by atoms with Gasteiger partial charge in [0.05, 0.1) is 0 Å². The van der Waals surface area contributed by atoms with E-state index in [1.54, 1.807) is 6.07 Å². The Balaban J connectivity index is 2.34. The van der Waals surface area contributed by atoms with Gasteiger partial charge in [0.1, 0.15) is 13.2 Å². The summed E-state index contributed by atoms with van der Waals surface area (Å²) in [6, 6.07) is 4.68. The molecule has 1 aliphatic rings. The molecule has 0 unspecified atom stereocenters. The highest BCUT2D eigenvalue weighted by atomic mass is 35.6. The Bertz CT molecular complexity index is 426. The van der Waals surface area contributed by atoms with Crippen LogP contribution in [0.25, 0.3) is 0 Å². The van der Waals surface area contributed by atoms with Gasteiger partial charge in [0.25, 0.3) is 3.79 Å². The van der Waals surface area contributed by atoms with Crippen LogP contribution < -0.4 is 9.47 Å². The molecule has 0 atom stereocenters. The minimum atomic E-state index is -1.95. The molecule has 0 aromatic heterocycles. The summed E-state index contributed by atoms with van der Waals surface area (Å²) in [7, 11) is 0. The van der Waals surface area contributed by atoms with Crippen molar-refractivity contribution in [1.82, 2.24) is 0 Å². The van der Waals surface area contributed by atoms with Crippen LogP contribution in [-0.4, -0.2) is 22.8 Å². The largest absolute Gasteiger partial charge is 0.486 e. The first-order valence-corrected chi connectivity index (χ1v) is 5.63. The number of hydrogen-bond donors (Lipinski definition) is 0. The second kappa shape index (κ2) is 4.32. The van der Waals surface area contributed by atoms with Crippen molar-refractivity contribution in [2.45, 2.75) is 3.79 Å². The van der Waals surface area contributed by atoms with Crippen molar-refractivity contribution in [3.8, 4) is 11.5 Å². The third kappa shape index (κ3) is 2.37. The number of hydrogen-bond acceptors (Lipinski definition) is 3. The van der Waals surface area contributed by atoms with Crippen molar-refractivity contribution in [3.05, 3.63) is 23.8 Å². The Labute approximate surface area is 107 Å². The van der Waals surface area contributed by atoms with Crippen LogP contribution in [0, 0.1) is 0 Å². The molecule has 0 amide bonds. The first-order chi connectivity index (χ1) is 7.48. The van der Waals surface area contributed by atoms with E-state index in [1.807, 2.05) is 0 Å². The predicted octanol–water partition coefficient (Wildman–Crippen LogP) is 3.01. The van der Waals surface area contributed by atoms with Gasteiger partial charge in [-0.2, -0.15) is 0 Å². The van der Waals surface area contributed by atoms with Crippen molar-refractivity contribution >= 4 is 40.6 Å². The number of carbonyl (C=O) groups is 1. The van der Waals surface area contributed by atoms with Gasteiger partial charge in [-0.1, -0.05) is 34.8 Å². The van der Waals surface area contributed by atoms with Gasteiger partial charge in [0.15, 0.2) is 11.5 Å². The molecular weight excluding hydrogens is 274 g/mol. The van der Waals surface area contributed by atoms with E-state index in [9.17, 15) is 4.79 Å². The van der Waals surface area contributed by atoms with Gasteiger partial charge in [-0.25, -0.2) is 0 Å².